The number of allylic oxidation sites excluding steroid dienone is 1. The SMILES string of the molecule is C/C=C/CC(=O)N1CC(=O)N(c2ccc(C)cc2)C[C@@H]1Cc1ccccc1. The van der Waals surface area contributed by atoms with E-state index in [4.69, 9.17) is 0 Å². The van der Waals surface area contributed by atoms with Crippen LogP contribution in [0.1, 0.15) is 24.5 Å². The number of hydrogen-bond acceptors (Lipinski definition) is 2. The van der Waals surface area contributed by atoms with Gasteiger partial charge in [0.15, 0.2) is 0 Å². The van der Waals surface area contributed by atoms with Gasteiger partial charge in [0.1, 0.15) is 6.54 Å². The maximum absolute atomic E-state index is 12.8. The summed E-state index contributed by atoms with van der Waals surface area (Å²) in [5.41, 5.74) is 3.22. The second-order valence-corrected chi connectivity index (χ2v) is 6.98. The number of piperazine rings is 1. The Morgan fingerprint density at radius 3 is 2.48 bits per heavy atom. The van der Waals surface area contributed by atoms with Crippen molar-refractivity contribution in [3.63, 3.8) is 0 Å². The van der Waals surface area contributed by atoms with Crippen LogP contribution in [-0.4, -0.2) is 35.8 Å². The van der Waals surface area contributed by atoms with Crippen molar-refractivity contribution in [3.05, 3.63) is 77.9 Å². The molecule has 0 saturated carbocycles. The lowest BCUT2D eigenvalue weighted by Crippen LogP contribution is -2.58. The molecule has 0 aliphatic carbocycles. The number of carbonyl (C=O) groups is 2. The van der Waals surface area contributed by atoms with Gasteiger partial charge in [-0.25, -0.2) is 0 Å². The maximum Gasteiger partial charge on any atom is 0.246 e. The Labute approximate surface area is 161 Å². The van der Waals surface area contributed by atoms with E-state index in [1.165, 1.54) is 5.56 Å². The van der Waals surface area contributed by atoms with Crippen molar-refractivity contribution in [3.8, 4) is 0 Å². The van der Waals surface area contributed by atoms with Crippen LogP contribution < -0.4 is 4.90 Å². The minimum Gasteiger partial charge on any atom is -0.328 e. The molecule has 1 saturated heterocycles. The van der Waals surface area contributed by atoms with E-state index < -0.39 is 0 Å². The highest BCUT2D eigenvalue weighted by atomic mass is 16.2. The first-order valence-corrected chi connectivity index (χ1v) is 9.40. The monoisotopic (exact) mass is 362 g/mol. The highest BCUT2D eigenvalue weighted by Crippen LogP contribution is 2.23. The van der Waals surface area contributed by atoms with E-state index in [1.807, 2.05) is 73.4 Å². The number of amides is 2. The first kappa shape index (κ1) is 18.9. The topological polar surface area (TPSA) is 40.6 Å². The number of anilines is 1. The normalized spacial score (nSPS) is 17.6. The zero-order valence-corrected chi connectivity index (χ0v) is 16.0. The third-order valence-electron chi connectivity index (χ3n) is 4.95. The Hall–Kier alpha value is -2.88. The summed E-state index contributed by atoms with van der Waals surface area (Å²) in [6.45, 7) is 4.57. The van der Waals surface area contributed by atoms with Gasteiger partial charge in [-0.1, -0.05) is 60.2 Å². The molecule has 0 aromatic heterocycles. The largest absolute Gasteiger partial charge is 0.328 e. The summed E-state index contributed by atoms with van der Waals surface area (Å²) in [6, 6.07) is 18.1. The molecule has 1 aliphatic heterocycles. The fourth-order valence-corrected chi connectivity index (χ4v) is 3.43. The van der Waals surface area contributed by atoms with Crippen LogP contribution in [0.25, 0.3) is 0 Å². The average molecular weight is 362 g/mol. The number of aryl methyl sites for hydroxylation is 1. The van der Waals surface area contributed by atoms with Gasteiger partial charge in [-0.05, 0) is 38.0 Å². The van der Waals surface area contributed by atoms with Gasteiger partial charge in [0, 0.05) is 18.7 Å². The number of nitrogens with zero attached hydrogens (tertiary/aromatic N) is 2. The molecule has 140 valence electrons. The summed E-state index contributed by atoms with van der Waals surface area (Å²) in [5, 5.41) is 0. The smallest absolute Gasteiger partial charge is 0.246 e. The van der Waals surface area contributed by atoms with Crippen molar-refractivity contribution in [2.45, 2.75) is 32.7 Å². The zero-order valence-electron chi connectivity index (χ0n) is 16.0. The maximum atomic E-state index is 12.8. The van der Waals surface area contributed by atoms with Crippen LogP contribution in [0.5, 0.6) is 0 Å². The number of hydrogen-bond donors (Lipinski definition) is 0. The fourth-order valence-electron chi connectivity index (χ4n) is 3.43. The molecule has 2 amide bonds. The second kappa shape index (κ2) is 8.67. The fraction of sp³-hybridized carbons (Fsp3) is 0.304. The lowest BCUT2D eigenvalue weighted by atomic mass is 10.0. The highest BCUT2D eigenvalue weighted by Gasteiger charge is 2.35. The first-order chi connectivity index (χ1) is 13.1. The zero-order chi connectivity index (χ0) is 19.2. The number of rotatable bonds is 5. The second-order valence-electron chi connectivity index (χ2n) is 6.98. The van der Waals surface area contributed by atoms with Gasteiger partial charge in [-0.3, -0.25) is 9.59 Å². The van der Waals surface area contributed by atoms with Crippen molar-refractivity contribution in [1.29, 1.82) is 0 Å². The molecule has 27 heavy (non-hydrogen) atoms. The molecule has 2 aromatic rings. The molecule has 4 heteroatoms. The van der Waals surface area contributed by atoms with E-state index in [-0.39, 0.29) is 24.4 Å². The molecule has 0 bridgehead atoms. The van der Waals surface area contributed by atoms with Crippen molar-refractivity contribution in [2.75, 3.05) is 18.0 Å². The van der Waals surface area contributed by atoms with Crippen LogP contribution in [0.2, 0.25) is 0 Å². The lowest BCUT2D eigenvalue weighted by molar-refractivity contribution is -0.139. The van der Waals surface area contributed by atoms with Crippen LogP contribution in [0.15, 0.2) is 66.7 Å². The van der Waals surface area contributed by atoms with E-state index in [0.717, 1.165) is 17.7 Å². The van der Waals surface area contributed by atoms with Gasteiger partial charge in [0.05, 0.1) is 6.04 Å². The summed E-state index contributed by atoms with van der Waals surface area (Å²) in [5.74, 6) is -0.0251. The minimum absolute atomic E-state index is 0.00550. The molecule has 1 fully saturated rings. The molecule has 4 nitrogen and oxygen atoms in total. The third kappa shape index (κ3) is 4.64. The summed E-state index contributed by atoms with van der Waals surface area (Å²) in [6.07, 6.45) is 4.78. The van der Waals surface area contributed by atoms with Crippen molar-refractivity contribution in [1.82, 2.24) is 4.90 Å². The van der Waals surface area contributed by atoms with Gasteiger partial charge < -0.3 is 9.80 Å². The van der Waals surface area contributed by atoms with Crippen LogP contribution >= 0.6 is 0 Å². The molecular formula is C23H26N2O2. The summed E-state index contributed by atoms with van der Waals surface area (Å²) < 4.78 is 0. The van der Waals surface area contributed by atoms with Crippen molar-refractivity contribution in [2.24, 2.45) is 0 Å². The number of carbonyl (C=O) groups excluding carboxylic acids is 2. The lowest BCUT2D eigenvalue weighted by Gasteiger charge is -2.41. The van der Waals surface area contributed by atoms with Gasteiger partial charge in [0.25, 0.3) is 0 Å². The van der Waals surface area contributed by atoms with Gasteiger partial charge in [0.2, 0.25) is 11.8 Å². The molecule has 0 spiro atoms. The molecule has 1 atom stereocenters. The Bertz CT molecular complexity index is 812. The molecule has 1 heterocycles. The van der Waals surface area contributed by atoms with Gasteiger partial charge in [-0.15, -0.1) is 0 Å². The first-order valence-electron chi connectivity index (χ1n) is 9.40. The van der Waals surface area contributed by atoms with E-state index in [0.29, 0.717) is 13.0 Å². The Morgan fingerprint density at radius 1 is 1.11 bits per heavy atom. The molecule has 0 radical (unpaired) electrons. The molecule has 2 aromatic carbocycles. The standard InChI is InChI=1S/C23H26N2O2/c1-3-4-10-22(26)25-17-23(27)24(20-13-11-18(2)12-14-20)16-21(25)15-19-8-6-5-7-9-19/h3-9,11-14,21H,10,15-17H2,1-2H3/b4-3+/t21-/m0/s1. The third-order valence-corrected chi connectivity index (χ3v) is 4.95. The van der Waals surface area contributed by atoms with Crippen molar-refractivity contribution < 1.29 is 9.59 Å². The van der Waals surface area contributed by atoms with E-state index >= 15 is 0 Å². The Balaban J connectivity index is 1.85. The van der Waals surface area contributed by atoms with E-state index in [2.05, 4.69) is 12.1 Å². The van der Waals surface area contributed by atoms with Crippen LogP contribution in [0, 0.1) is 6.92 Å². The minimum atomic E-state index is -0.0378. The summed E-state index contributed by atoms with van der Waals surface area (Å²) in [7, 11) is 0. The molecule has 0 N–H and O–H groups in total. The predicted octanol–water partition coefficient (Wildman–Crippen LogP) is 3.75. The average Bonchev–Trinajstić information content (AvgIpc) is 2.68. The summed E-state index contributed by atoms with van der Waals surface area (Å²) >= 11 is 0. The van der Waals surface area contributed by atoms with Gasteiger partial charge >= 0.3 is 0 Å². The molecule has 1 aliphatic rings. The molecular weight excluding hydrogens is 336 g/mol. The van der Waals surface area contributed by atoms with E-state index in [1.54, 1.807) is 4.90 Å². The summed E-state index contributed by atoms with van der Waals surface area (Å²) in [4.78, 5) is 29.0. The van der Waals surface area contributed by atoms with Crippen LogP contribution in [0.3, 0.4) is 0 Å². The van der Waals surface area contributed by atoms with Crippen molar-refractivity contribution >= 4 is 17.5 Å². The quantitative estimate of drug-likeness (QED) is 0.760. The molecule has 3 rings (SSSR count). The van der Waals surface area contributed by atoms with Gasteiger partial charge in [-0.2, -0.15) is 0 Å². The number of benzene rings is 2. The Morgan fingerprint density at radius 2 is 1.81 bits per heavy atom. The van der Waals surface area contributed by atoms with E-state index in [9.17, 15) is 9.59 Å². The van der Waals surface area contributed by atoms with Crippen LogP contribution in [-0.2, 0) is 16.0 Å². The molecule has 0 unspecified atom stereocenters. The highest BCUT2D eigenvalue weighted by molar-refractivity contribution is 5.98. The van der Waals surface area contributed by atoms with Crippen LogP contribution in [0.4, 0.5) is 5.69 Å². The Kier molecular flexibility index (Phi) is 6.07. The predicted molar refractivity (Wildman–Crippen MR) is 109 cm³/mol.